The lowest BCUT2D eigenvalue weighted by molar-refractivity contribution is -0.0584. The van der Waals surface area contributed by atoms with Crippen LogP contribution in [0.2, 0.25) is 0 Å². The predicted molar refractivity (Wildman–Crippen MR) is 93.5 cm³/mol. The molecule has 27 heavy (non-hydrogen) atoms. The van der Waals surface area contributed by atoms with E-state index in [1.54, 1.807) is 37.4 Å². The number of imidazole rings is 1. The highest BCUT2D eigenvalue weighted by Gasteiger charge is 2.38. The van der Waals surface area contributed by atoms with E-state index in [0.717, 1.165) is 0 Å². The van der Waals surface area contributed by atoms with Crippen LogP contribution in [0.1, 0.15) is 36.8 Å². The van der Waals surface area contributed by atoms with Crippen molar-refractivity contribution in [2.24, 2.45) is 0 Å². The molecule has 0 saturated heterocycles. The fourth-order valence-corrected chi connectivity index (χ4v) is 2.91. The number of fused-ring (bicyclic) bond motifs is 1. The van der Waals surface area contributed by atoms with Crippen molar-refractivity contribution in [1.82, 2.24) is 14.6 Å². The molecule has 0 aliphatic carbocycles. The predicted octanol–water partition coefficient (Wildman–Crippen LogP) is 1.84. The van der Waals surface area contributed by atoms with E-state index in [1.165, 1.54) is 28.8 Å². The molecule has 8 heteroatoms. The van der Waals surface area contributed by atoms with Gasteiger partial charge in [-0.15, -0.1) is 0 Å². The maximum atomic E-state index is 12.3. The third-order valence-corrected chi connectivity index (χ3v) is 4.25. The highest BCUT2D eigenvalue weighted by molar-refractivity contribution is 6.21. The quantitative estimate of drug-likeness (QED) is 0.716. The summed E-state index contributed by atoms with van der Waals surface area (Å²) in [5, 5.41) is 0.460. The number of carbonyl (C=O) groups excluding carboxylic acids is 3. The Bertz CT molecular complexity index is 1110. The summed E-state index contributed by atoms with van der Waals surface area (Å²) in [4.78, 5) is 56.2. The van der Waals surface area contributed by atoms with Crippen LogP contribution in [0.5, 0.6) is 0 Å². The van der Waals surface area contributed by atoms with Crippen LogP contribution in [-0.2, 0) is 4.84 Å². The molecule has 2 heterocycles. The van der Waals surface area contributed by atoms with Gasteiger partial charge in [-0.1, -0.05) is 17.2 Å². The van der Waals surface area contributed by atoms with Gasteiger partial charge < -0.3 is 9.82 Å². The standard InChI is InChI=1S/C19H13N3O5/c1-11-10-20-19(26)21(11)13-8-6-12(7-9-13)18(25)27-22-16(23)14-4-2-3-5-15(14)17(22)24/h2-10H,1H3,(H,20,26). The van der Waals surface area contributed by atoms with Gasteiger partial charge in [-0.3, -0.25) is 14.2 Å². The number of hydroxylamine groups is 2. The molecular formula is C19H13N3O5. The number of imide groups is 1. The van der Waals surface area contributed by atoms with Crippen molar-refractivity contribution in [1.29, 1.82) is 0 Å². The van der Waals surface area contributed by atoms with E-state index >= 15 is 0 Å². The molecule has 1 N–H and O–H groups in total. The Kier molecular flexibility index (Phi) is 3.73. The van der Waals surface area contributed by atoms with Crippen LogP contribution in [0.3, 0.4) is 0 Å². The lowest BCUT2D eigenvalue weighted by Crippen LogP contribution is -2.32. The second-order valence-electron chi connectivity index (χ2n) is 5.95. The summed E-state index contributed by atoms with van der Waals surface area (Å²) >= 11 is 0. The van der Waals surface area contributed by atoms with E-state index in [-0.39, 0.29) is 22.4 Å². The van der Waals surface area contributed by atoms with Gasteiger partial charge in [0.05, 0.1) is 22.4 Å². The molecule has 0 fully saturated rings. The average molecular weight is 363 g/mol. The SMILES string of the molecule is Cc1c[nH]c(=O)n1-c1ccc(C(=O)ON2C(=O)c3ccccc3C2=O)cc1. The number of rotatable bonds is 3. The number of aryl methyl sites for hydroxylation is 1. The van der Waals surface area contributed by atoms with Crippen LogP contribution in [0.4, 0.5) is 0 Å². The average Bonchev–Trinajstić information content (AvgIpc) is 3.14. The minimum atomic E-state index is -0.853. The number of nitrogens with zero attached hydrogens (tertiary/aromatic N) is 2. The molecule has 1 aliphatic heterocycles. The number of amides is 2. The number of aromatic amines is 1. The number of carbonyl (C=O) groups is 3. The zero-order valence-electron chi connectivity index (χ0n) is 14.1. The molecule has 0 bridgehead atoms. The smallest absolute Gasteiger partial charge is 0.324 e. The van der Waals surface area contributed by atoms with Gasteiger partial charge in [0.2, 0.25) is 0 Å². The summed E-state index contributed by atoms with van der Waals surface area (Å²) in [5.41, 5.74) is 1.49. The molecular weight excluding hydrogens is 350 g/mol. The summed E-state index contributed by atoms with van der Waals surface area (Å²) in [6.45, 7) is 1.77. The van der Waals surface area contributed by atoms with Crippen molar-refractivity contribution in [2.45, 2.75) is 6.92 Å². The lowest BCUT2D eigenvalue weighted by Gasteiger charge is -2.13. The Morgan fingerprint density at radius 1 is 0.926 bits per heavy atom. The van der Waals surface area contributed by atoms with Crippen molar-refractivity contribution in [2.75, 3.05) is 0 Å². The van der Waals surface area contributed by atoms with E-state index in [9.17, 15) is 19.2 Å². The summed E-state index contributed by atoms with van der Waals surface area (Å²) in [6, 6.07) is 12.3. The Hall–Kier alpha value is -3.94. The highest BCUT2D eigenvalue weighted by Crippen LogP contribution is 2.23. The number of hydrogen-bond acceptors (Lipinski definition) is 5. The van der Waals surface area contributed by atoms with Gasteiger partial charge in [0.1, 0.15) is 0 Å². The first kappa shape index (κ1) is 16.5. The fraction of sp³-hybridized carbons (Fsp3) is 0.0526. The van der Waals surface area contributed by atoms with Crippen LogP contribution >= 0.6 is 0 Å². The Morgan fingerprint density at radius 3 is 2.04 bits per heavy atom. The molecule has 8 nitrogen and oxygen atoms in total. The topological polar surface area (TPSA) is 101 Å². The Morgan fingerprint density at radius 2 is 1.52 bits per heavy atom. The molecule has 2 aromatic carbocycles. The van der Waals surface area contributed by atoms with Gasteiger partial charge in [-0.25, -0.2) is 9.59 Å². The van der Waals surface area contributed by atoms with Crippen molar-refractivity contribution in [3.63, 3.8) is 0 Å². The number of nitrogens with one attached hydrogen (secondary N) is 1. The molecule has 3 aromatic rings. The molecule has 0 unspecified atom stereocenters. The van der Waals surface area contributed by atoms with Crippen LogP contribution in [0, 0.1) is 6.92 Å². The van der Waals surface area contributed by atoms with Gasteiger partial charge in [0, 0.05) is 11.9 Å². The second kappa shape index (κ2) is 6.10. The number of hydrogen-bond donors (Lipinski definition) is 1. The van der Waals surface area contributed by atoms with Gasteiger partial charge in [0.25, 0.3) is 11.8 Å². The van der Waals surface area contributed by atoms with Crippen molar-refractivity contribution in [3.05, 3.63) is 87.6 Å². The number of H-pyrrole nitrogens is 1. The first-order chi connectivity index (χ1) is 13.0. The molecule has 2 amide bonds. The number of aromatic nitrogens is 2. The van der Waals surface area contributed by atoms with Crippen LogP contribution in [0.25, 0.3) is 5.69 Å². The Balaban J connectivity index is 1.55. The molecule has 134 valence electrons. The third-order valence-electron chi connectivity index (χ3n) is 4.25. The van der Waals surface area contributed by atoms with E-state index in [1.807, 2.05) is 0 Å². The van der Waals surface area contributed by atoms with Crippen LogP contribution in [-0.4, -0.2) is 32.4 Å². The molecule has 4 rings (SSSR count). The lowest BCUT2D eigenvalue weighted by atomic mass is 10.1. The van der Waals surface area contributed by atoms with Gasteiger partial charge in [-0.2, -0.15) is 0 Å². The molecule has 1 aromatic heterocycles. The Labute approximate surface area is 152 Å². The van der Waals surface area contributed by atoms with Crippen molar-refractivity contribution >= 4 is 17.8 Å². The molecule has 0 atom stereocenters. The third kappa shape index (κ3) is 2.63. The normalized spacial score (nSPS) is 13.0. The van der Waals surface area contributed by atoms with Gasteiger partial charge >= 0.3 is 11.7 Å². The second-order valence-corrected chi connectivity index (χ2v) is 5.95. The van der Waals surface area contributed by atoms with E-state index in [4.69, 9.17) is 4.84 Å². The van der Waals surface area contributed by atoms with E-state index in [0.29, 0.717) is 16.4 Å². The van der Waals surface area contributed by atoms with E-state index < -0.39 is 17.8 Å². The van der Waals surface area contributed by atoms with Crippen molar-refractivity contribution < 1.29 is 19.2 Å². The summed E-state index contributed by atoms with van der Waals surface area (Å²) in [7, 11) is 0. The van der Waals surface area contributed by atoms with Crippen LogP contribution < -0.4 is 5.69 Å². The summed E-state index contributed by atoms with van der Waals surface area (Å²) in [6.07, 6.45) is 1.58. The fourth-order valence-electron chi connectivity index (χ4n) is 2.91. The minimum absolute atomic E-state index is 0.136. The molecule has 0 radical (unpaired) electrons. The zero-order valence-corrected chi connectivity index (χ0v) is 14.1. The molecule has 0 spiro atoms. The first-order valence-corrected chi connectivity index (χ1v) is 8.05. The number of benzene rings is 2. The highest BCUT2D eigenvalue weighted by atomic mass is 16.7. The monoisotopic (exact) mass is 363 g/mol. The zero-order chi connectivity index (χ0) is 19.1. The minimum Gasteiger partial charge on any atom is -0.324 e. The van der Waals surface area contributed by atoms with E-state index in [2.05, 4.69) is 4.98 Å². The molecule has 0 saturated carbocycles. The summed E-state index contributed by atoms with van der Waals surface area (Å²) in [5.74, 6) is -2.22. The van der Waals surface area contributed by atoms with Crippen molar-refractivity contribution in [3.8, 4) is 5.69 Å². The first-order valence-electron chi connectivity index (χ1n) is 8.05. The maximum Gasteiger partial charge on any atom is 0.363 e. The van der Waals surface area contributed by atoms with Crippen LogP contribution in [0.15, 0.2) is 59.5 Å². The summed E-state index contributed by atoms with van der Waals surface area (Å²) < 4.78 is 1.44. The maximum absolute atomic E-state index is 12.3. The van der Waals surface area contributed by atoms with Gasteiger partial charge in [0.15, 0.2) is 0 Å². The molecule has 1 aliphatic rings. The van der Waals surface area contributed by atoms with Gasteiger partial charge in [-0.05, 0) is 43.3 Å². The largest absolute Gasteiger partial charge is 0.363 e.